The molecule has 15 heavy (non-hydrogen) atoms. The fraction of sp³-hybridized carbons (Fsp3) is 0.727. The van der Waals surface area contributed by atoms with Gasteiger partial charge in [0.1, 0.15) is 5.78 Å². The van der Waals surface area contributed by atoms with E-state index in [-0.39, 0.29) is 18.0 Å². The van der Waals surface area contributed by atoms with Gasteiger partial charge >= 0.3 is 5.97 Å². The van der Waals surface area contributed by atoms with Crippen LogP contribution in [0.2, 0.25) is 0 Å². The van der Waals surface area contributed by atoms with E-state index in [2.05, 4.69) is 0 Å². The lowest BCUT2D eigenvalue weighted by Crippen LogP contribution is -2.24. The van der Waals surface area contributed by atoms with Crippen LogP contribution in [0.3, 0.4) is 0 Å². The van der Waals surface area contributed by atoms with E-state index in [0.29, 0.717) is 6.42 Å². The van der Waals surface area contributed by atoms with Gasteiger partial charge in [0, 0.05) is 6.92 Å². The number of hydrogen-bond acceptors (Lipinski definition) is 4. The van der Waals surface area contributed by atoms with Crippen LogP contribution < -0.4 is 0 Å². The quantitative estimate of drug-likeness (QED) is 0.520. The van der Waals surface area contributed by atoms with Crippen LogP contribution in [0.5, 0.6) is 0 Å². The lowest BCUT2D eigenvalue weighted by Gasteiger charge is -2.08. The van der Waals surface area contributed by atoms with E-state index < -0.39 is 18.0 Å². The molecule has 0 amide bonds. The summed E-state index contributed by atoms with van der Waals surface area (Å²) >= 11 is 0. The van der Waals surface area contributed by atoms with E-state index in [0.717, 1.165) is 12.8 Å². The summed E-state index contributed by atoms with van der Waals surface area (Å²) < 4.78 is 4.79. The number of ketones is 2. The first-order valence-electron chi connectivity index (χ1n) is 5.30. The summed E-state index contributed by atoms with van der Waals surface area (Å²) in [5.74, 6) is -1.34. The zero-order valence-electron chi connectivity index (χ0n) is 9.12. The smallest absolute Gasteiger partial charge is 0.303 e. The monoisotopic (exact) mass is 212 g/mol. The van der Waals surface area contributed by atoms with Crippen LogP contribution in [-0.2, 0) is 19.1 Å². The molecule has 0 aromatic rings. The molecule has 0 aromatic heterocycles. The first-order chi connectivity index (χ1) is 7.06. The number of unbranched alkanes of at least 4 members (excludes halogenated alkanes) is 1. The lowest BCUT2D eigenvalue weighted by atomic mass is 9.99. The van der Waals surface area contributed by atoms with Crippen LogP contribution in [0.1, 0.15) is 39.5 Å². The van der Waals surface area contributed by atoms with Gasteiger partial charge in [-0.3, -0.25) is 14.4 Å². The fourth-order valence-electron chi connectivity index (χ4n) is 1.82. The number of hydrogen-bond donors (Lipinski definition) is 0. The molecule has 4 nitrogen and oxygen atoms in total. The van der Waals surface area contributed by atoms with Crippen LogP contribution in [-0.4, -0.2) is 23.6 Å². The minimum absolute atomic E-state index is 0.0623. The van der Waals surface area contributed by atoms with Crippen molar-refractivity contribution in [1.82, 2.24) is 0 Å². The van der Waals surface area contributed by atoms with E-state index in [1.165, 1.54) is 6.92 Å². The third kappa shape index (κ3) is 2.88. The molecule has 2 atom stereocenters. The summed E-state index contributed by atoms with van der Waals surface area (Å²) in [7, 11) is 0. The largest absolute Gasteiger partial charge is 0.454 e. The maximum atomic E-state index is 11.7. The third-order valence-corrected chi connectivity index (χ3v) is 2.59. The van der Waals surface area contributed by atoms with Gasteiger partial charge in [0.15, 0.2) is 11.9 Å². The van der Waals surface area contributed by atoms with Gasteiger partial charge in [-0.1, -0.05) is 19.8 Å². The molecular weight excluding hydrogens is 196 g/mol. The van der Waals surface area contributed by atoms with Crippen LogP contribution in [0, 0.1) is 5.92 Å². The van der Waals surface area contributed by atoms with E-state index in [4.69, 9.17) is 4.74 Å². The molecule has 0 heterocycles. The molecule has 0 bridgehead atoms. The van der Waals surface area contributed by atoms with Crippen molar-refractivity contribution in [2.24, 2.45) is 5.92 Å². The fourth-order valence-corrected chi connectivity index (χ4v) is 1.82. The highest BCUT2D eigenvalue weighted by atomic mass is 16.5. The second-order valence-electron chi connectivity index (χ2n) is 3.87. The van der Waals surface area contributed by atoms with Crippen molar-refractivity contribution in [3.63, 3.8) is 0 Å². The Kier molecular flexibility index (Phi) is 4.00. The minimum atomic E-state index is -0.822. The molecule has 0 N–H and O–H groups in total. The van der Waals surface area contributed by atoms with Gasteiger partial charge in [-0.15, -0.1) is 0 Å². The van der Waals surface area contributed by atoms with Crippen molar-refractivity contribution < 1.29 is 19.1 Å². The van der Waals surface area contributed by atoms with Gasteiger partial charge in [0.05, 0.1) is 12.3 Å². The molecule has 1 fully saturated rings. The summed E-state index contributed by atoms with van der Waals surface area (Å²) in [6.45, 7) is 3.25. The van der Waals surface area contributed by atoms with E-state index in [1.54, 1.807) is 0 Å². The van der Waals surface area contributed by atoms with Gasteiger partial charge in [-0.25, -0.2) is 0 Å². The zero-order chi connectivity index (χ0) is 11.4. The molecule has 1 aliphatic carbocycles. The van der Waals surface area contributed by atoms with E-state index >= 15 is 0 Å². The highest BCUT2D eigenvalue weighted by Gasteiger charge is 2.42. The SMILES string of the molecule is CCCCC1C(=O)CC(OC(C)=O)C1=O. The predicted octanol–water partition coefficient (Wildman–Crippen LogP) is 1.27. The Morgan fingerprint density at radius 3 is 2.67 bits per heavy atom. The predicted molar refractivity (Wildman–Crippen MR) is 53.2 cm³/mol. The third-order valence-electron chi connectivity index (χ3n) is 2.59. The van der Waals surface area contributed by atoms with Crippen LogP contribution in [0.4, 0.5) is 0 Å². The number of esters is 1. The van der Waals surface area contributed by atoms with Gasteiger partial charge in [-0.2, -0.15) is 0 Å². The van der Waals surface area contributed by atoms with Crippen molar-refractivity contribution in [2.75, 3.05) is 0 Å². The Bertz CT molecular complexity index is 282. The second-order valence-corrected chi connectivity index (χ2v) is 3.87. The Morgan fingerprint density at radius 1 is 1.47 bits per heavy atom. The van der Waals surface area contributed by atoms with Gasteiger partial charge in [0.2, 0.25) is 0 Å². The maximum absolute atomic E-state index is 11.7. The molecule has 1 aliphatic rings. The van der Waals surface area contributed by atoms with Crippen molar-refractivity contribution >= 4 is 17.5 Å². The molecule has 0 radical (unpaired) electrons. The Hall–Kier alpha value is -1.19. The van der Waals surface area contributed by atoms with E-state index in [9.17, 15) is 14.4 Å². The number of carbonyl (C=O) groups is 3. The van der Waals surface area contributed by atoms with Crippen molar-refractivity contribution in [2.45, 2.75) is 45.6 Å². The standard InChI is InChI=1S/C11H16O4/c1-3-4-5-8-9(13)6-10(11(8)14)15-7(2)12/h8,10H,3-6H2,1-2H3. The topological polar surface area (TPSA) is 60.4 Å². The maximum Gasteiger partial charge on any atom is 0.303 e. The average Bonchev–Trinajstić information content (AvgIpc) is 2.39. The van der Waals surface area contributed by atoms with Crippen molar-refractivity contribution in [3.05, 3.63) is 0 Å². The average molecular weight is 212 g/mol. The lowest BCUT2D eigenvalue weighted by molar-refractivity contribution is -0.152. The molecular formula is C11H16O4. The Morgan fingerprint density at radius 2 is 2.13 bits per heavy atom. The number of ether oxygens (including phenoxy) is 1. The van der Waals surface area contributed by atoms with Crippen LogP contribution in [0.15, 0.2) is 0 Å². The molecule has 84 valence electrons. The molecule has 0 aromatic carbocycles. The number of carbonyl (C=O) groups excluding carboxylic acids is 3. The normalized spacial score (nSPS) is 25.7. The molecule has 4 heteroatoms. The highest BCUT2D eigenvalue weighted by molar-refractivity contribution is 6.11. The molecule has 2 unspecified atom stereocenters. The van der Waals surface area contributed by atoms with E-state index in [1.807, 2.05) is 6.92 Å². The summed E-state index contributed by atoms with van der Waals surface area (Å²) in [6.07, 6.45) is 1.64. The zero-order valence-corrected chi connectivity index (χ0v) is 9.12. The van der Waals surface area contributed by atoms with Crippen molar-refractivity contribution in [3.8, 4) is 0 Å². The summed E-state index contributed by atoms with van der Waals surface area (Å²) in [5, 5.41) is 0. The van der Waals surface area contributed by atoms with Gasteiger partial charge in [-0.05, 0) is 6.42 Å². The molecule has 1 saturated carbocycles. The summed E-state index contributed by atoms with van der Waals surface area (Å²) in [5.41, 5.74) is 0. The second kappa shape index (κ2) is 5.05. The van der Waals surface area contributed by atoms with Crippen LogP contribution >= 0.6 is 0 Å². The minimum Gasteiger partial charge on any atom is -0.454 e. The summed E-state index contributed by atoms with van der Waals surface area (Å²) in [4.78, 5) is 33.8. The van der Waals surface area contributed by atoms with Gasteiger partial charge in [0.25, 0.3) is 0 Å². The molecule has 1 rings (SSSR count). The van der Waals surface area contributed by atoms with Crippen LogP contribution in [0.25, 0.3) is 0 Å². The first kappa shape index (κ1) is 11.9. The Labute approximate surface area is 89.0 Å². The van der Waals surface area contributed by atoms with Crippen molar-refractivity contribution in [1.29, 1.82) is 0 Å². The Balaban J connectivity index is 2.58. The van der Waals surface area contributed by atoms with Gasteiger partial charge < -0.3 is 4.74 Å². The first-order valence-corrected chi connectivity index (χ1v) is 5.30. The molecule has 0 spiro atoms. The number of rotatable bonds is 4. The molecule has 0 aliphatic heterocycles. The summed E-state index contributed by atoms with van der Waals surface area (Å²) in [6, 6.07) is 0. The number of Topliss-reactive ketones (excluding diaryl/α,β-unsaturated/α-hetero) is 2. The molecule has 0 saturated heterocycles. The highest BCUT2D eigenvalue weighted by Crippen LogP contribution is 2.25.